The number of ether oxygens (including phenoxy) is 1. The Labute approximate surface area is 159 Å². The van der Waals surface area contributed by atoms with E-state index in [-0.39, 0.29) is 5.56 Å². The lowest BCUT2D eigenvalue weighted by molar-refractivity contribution is 0.183. The van der Waals surface area contributed by atoms with Gasteiger partial charge in [0.05, 0.1) is 24.1 Å². The summed E-state index contributed by atoms with van der Waals surface area (Å²) in [5.41, 5.74) is 1.45. The van der Waals surface area contributed by atoms with Gasteiger partial charge in [-0.2, -0.15) is 5.26 Å². The molecule has 0 bridgehead atoms. The lowest BCUT2D eigenvalue weighted by atomic mass is 10.1. The number of rotatable bonds is 6. The van der Waals surface area contributed by atoms with Gasteiger partial charge < -0.3 is 4.74 Å². The van der Waals surface area contributed by atoms with Crippen molar-refractivity contribution in [1.29, 1.82) is 5.26 Å². The van der Waals surface area contributed by atoms with E-state index in [0.29, 0.717) is 34.3 Å². The standard InChI is InChI=1S/C18H18N4O2S2/c1-4-13-11(2)25-16-14(13)17(23)22(8-9-24-3)18(21-16)26-15-12(10-19)6-5-7-20-15/h5-7H,4,8-9H2,1-3H3. The Kier molecular flexibility index (Phi) is 5.71. The molecule has 134 valence electrons. The topological polar surface area (TPSA) is 80.8 Å². The number of nitriles is 1. The fraction of sp³-hybridized carbons (Fsp3) is 0.333. The van der Waals surface area contributed by atoms with Crippen molar-refractivity contribution in [1.82, 2.24) is 14.5 Å². The molecule has 0 unspecified atom stereocenters. The number of fused-ring (bicyclic) bond motifs is 1. The summed E-state index contributed by atoms with van der Waals surface area (Å²) < 4.78 is 6.79. The Bertz CT molecular complexity index is 1050. The van der Waals surface area contributed by atoms with Crippen molar-refractivity contribution in [2.45, 2.75) is 37.0 Å². The van der Waals surface area contributed by atoms with Crippen molar-refractivity contribution in [3.05, 3.63) is 44.7 Å². The zero-order valence-corrected chi connectivity index (χ0v) is 16.4. The number of pyridine rings is 1. The second-order valence-corrected chi connectivity index (χ2v) is 7.74. The normalized spacial score (nSPS) is 11.0. The lowest BCUT2D eigenvalue weighted by Crippen LogP contribution is -2.25. The smallest absolute Gasteiger partial charge is 0.263 e. The number of hydrogen-bond acceptors (Lipinski definition) is 7. The van der Waals surface area contributed by atoms with Crippen LogP contribution in [0.2, 0.25) is 0 Å². The van der Waals surface area contributed by atoms with Crippen LogP contribution in [0.15, 0.2) is 33.3 Å². The van der Waals surface area contributed by atoms with Gasteiger partial charge >= 0.3 is 0 Å². The van der Waals surface area contributed by atoms with Crippen LogP contribution in [-0.4, -0.2) is 28.3 Å². The van der Waals surface area contributed by atoms with E-state index in [9.17, 15) is 10.1 Å². The number of hydrogen-bond donors (Lipinski definition) is 0. The summed E-state index contributed by atoms with van der Waals surface area (Å²) in [5.74, 6) is 0. The van der Waals surface area contributed by atoms with E-state index in [1.807, 2.05) is 13.8 Å². The zero-order valence-electron chi connectivity index (χ0n) is 14.8. The van der Waals surface area contributed by atoms with Gasteiger partial charge in [-0.25, -0.2) is 9.97 Å². The number of aromatic nitrogens is 3. The Morgan fingerprint density at radius 2 is 2.27 bits per heavy atom. The fourth-order valence-corrected chi connectivity index (χ4v) is 4.85. The van der Waals surface area contributed by atoms with E-state index >= 15 is 0 Å². The third kappa shape index (κ3) is 3.38. The van der Waals surface area contributed by atoms with Crippen LogP contribution in [0.1, 0.15) is 22.9 Å². The molecule has 0 saturated heterocycles. The van der Waals surface area contributed by atoms with Crippen molar-refractivity contribution in [3.63, 3.8) is 0 Å². The first-order chi connectivity index (χ1) is 12.6. The monoisotopic (exact) mass is 386 g/mol. The van der Waals surface area contributed by atoms with Crippen LogP contribution in [0.4, 0.5) is 0 Å². The van der Waals surface area contributed by atoms with E-state index in [1.54, 1.807) is 30.0 Å². The van der Waals surface area contributed by atoms with Crippen molar-refractivity contribution in [3.8, 4) is 6.07 Å². The van der Waals surface area contributed by atoms with Gasteiger partial charge in [-0.1, -0.05) is 6.92 Å². The highest BCUT2D eigenvalue weighted by Crippen LogP contribution is 2.32. The summed E-state index contributed by atoms with van der Waals surface area (Å²) in [6.45, 7) is 4.86. The number of thiophene rings is 1. The van der Waals surface area contributed by atoms with Gasteiger partial charge in [0.15, 0.2) is 5.16 Å². The van der Waals surface area contributed by atoms with Gasteiger partial charge in [0.2, 0.25) is 0 Å². The summed E-state index contributed by atoms with van der Waals surface area (Å²) in [7, 11) is 1.60. The lowest BCUT2D eigenvalue weighted by Gasteiger charge is -2.12. The number of aryl methyl sites for hydroxylation is 2. The van der Waals surface area contributed by atoms with Crippen molar-refractivity contribution in [2.75, 3.05) is 13.7 Å². The average Bonchev–Trinajstić information content (AvgIpc) is 2.97. The Morgan fingerprint density at radius 3 is 2.96 bits per heavy atom. The summed E-state index contributed by atoms with van der Waals surface area (Å²) in [6, 6.07) is 5.55. The molecule has 0 radical (unpaired) electrons. The highest BCUT2D eigenvalue weighted by atomic mass is 32.2. The summed E-state index contributed by atoms with van der Waals surface area (Å²) in [4.78, 5) is 24.0. The molecular formula is C18H18N4O2S2. The van der Waals surface area contributed by atoms with E-state index in [4.69, 9.17) is 9.72 Å². The van der Waals surface area contributed by atoms with Crippen LogP contribution in [0.25, 0.3) is 10.2 Å². The third-order valence-corrected chi connectivity index (χ3v) is 6.08. The predicted molar refractivity (Wildman–Crippen MR) is 103 cm³/mol. The summed E-state index contributed by atoms with van der Waals surface area (Å²) in [6.07, 6.45) is 2.42. The minimum atomic E-state index is -0.0646. The molecule has 0 aromatic carbocycles. The molecule has 6 nitrogen and oxygen atoms in total. The molecule has 3 heterocycles. The fourth-order valence-electron chi connectivity index (χ4n) is 2.76. The Hall–Kier alpha value is -2.21. The molecule has 0 N–H and O–H groups in total. The van der Waals surface area contributed by atoms with Gasteiger partial charge in [0.25, 0.3) is 5.56 Å². The maximum absolute atomic E-state index is 13.2. The second kappa shape index (κ2) is 7.99. The predicted octanol–water partition coefficient (Wildman–Crippen LogP) is 3.39. The molecule has 8 heteroatoms. The average molecular weight is 387 g/mol. The molecule has 0 fully saturated rings. The van der Waals surface area contributed by atoms with E-state index in [2.05, 4.69) is 11.1 Å². The van der Waals surface area contributed by atoms with Crippen LogP contribution in [-0.2, 0) is 17.7 Å². The van der Waals surface area contributed by atoms with E-state index in [0.717, 1.165) is 21.7 Å². The van der Waals surface area contributed by atoms with Crippen molar-refractivity contribution in [2.24, 2.45) is 0 Å². The molecule has 3 aromatic rings. The van der Waals surface area contributed by atoms with Crippen LogP contribution >= 0.6 is 23.1 Å². The molecular weight excluding hydrogens is 368 g/mol. The second-order valence-electron chi connectivity index (χ2n) is 5.58. The maximum Gasteiger partial charge on any atom is 0.263 e. The molecule has 0 amide bonds. The van der Waals surface area contributed by atoms with Gasteiger partial charge in [-0.05, 0) is 42.8 Å². The SMILES string of the molecule is CCc1c(C)sc2nc(Sc3ncccc3C#N)n(CCOC)c(=O)c12. The first kappa shape index (κ1) is 18.6. The Morgan fingerprint density at radius 1 is 1.46 bits per heavy atom. The summed E-state index contributed by atoms with van der Waals surface area (Å²) >= 11 is 2.77. The van der Waals surface area contributed by atoms with E-state index < -0.39 is 0 Å². The minimum absolute atomic E-state index is 0.0646. The molecule has 3 rings (SSSR count). The third-order valence-electron chi connectivity index (χ3n) is 4.03. The molecule has 0 saturated carbocycles. The Balaban J connectivity index is 2.20. The first-order valence-corrected chi connectivity index (χ1v) is 9.78. The van der Waals surface area contributed by atoms with Crippen molar-refractivity contribution >= 4 is 33.3 Å². The number of methoxy groups -OCH3 is 1. The largest absolute Gasteiger partial charge is 0.383 e. The van der Waals surface area contributed by atoms with Gasteiger partial charge in [-0.15, -0.1) is 11.3 Å². The molecule has 0 aliphatic heterocycles. The molecule has 3 aromatic heterocycles. The minimum Gasteiger partial charge on any atom is -0.383 e. The quantitative estimate of drug-likeness (QED) is 0.604. The first-order valence-electron chi connectivity index (χ1n) is 8.15. The molecule has 0 aliphatic carbocycles. The molecule has 0 spiro atoms. The highest BCUT2D eigenvalue weighted by Gasteiger charge is 2.19. The van der Waals surface area contributed by atoms with Gasteiger partial charge in [0, 0.05) is 18.2 Å². The molecule has 0 atom stereocenters. The highest BCUT2D eigenvalue weighted by molar-refractivity contribution is 7.99. The van der Waals surface area contributed by atoms with Crippen LogP contribution < -0.4 is 5.56 Å². The zero-order chi connectivity index (χ0) is 18.7. The molecule has 26 heavy (non-hydrogen) atoms. The van der Waals surface area contributed by atoms with Crippen LogP contribution in [0.5, 0.6) is 0 Å². The van der Waals surface area contributed by atoms with Gasteiger partial charge in [0.1, 0.15) is 15.9 Å². The molecule has 0 aliphatic rings. The maximum atomic E-state index is 13.2. The number of nitrogens with zero attached hydrogens (tertiary/aromatic N) is 4. The van der Waals surface area contributed by atoms with Crippen molar-refractivity contribution < 1.29 is 4.74 Å². The van der Waals surface area contributed by atoms with Crippen LogP contribution in [0.3, 0.4) is 0 Å². The van der Waals surface area contributed by atoms with Crippen LogP contribution in [0, 0.1) is 18.3 Å². The van der Waals surface area contributed by atoms with Gasteiger partial charge in [-0.3, -0.25) is 9.36 Å². The summed E-state index contributed by atoms with van der Waals surface area (Å²) in [5, 5.41) is 11.1. The van der Waals surface area contributed by atoms with E-state index in [1.165, 1.54) is 23.1 Å².